The molecule has 1 aliphatic heterocycles. The molecule has 0 unspecified atom stereocenters. The topological polar surface area (TPSA) is 114 Å². The van der Waals surface area contributed by atoms with Crippen LogP contribution in [0.15, 0.2) is 6.07 Å². The van der Waals surface area contributed by atoms with Crippen LogP contribution in [0.25, 0.3) is 0 Å². The third-order valence-corrected chi connectivity index (χ3v) is 7.00. The Balaban J connectivity index is 1.50. The van der Waals surface area contributed by atoms with Crippen molar-refractivity contribution < 1.29 is 22.0 Å². The van der Waals surface area contributed by atoms with E-state index in [-0.39, 0.29) is 29.4 Å². The van der Waals surface area contributed by atoms with E-state index in [9.17, 15) is 22.0 Å². The molecule has 27 heavy (non-hydrogen) atoms. The Morgan fingerprint density at radius 1 is 1.04 bits per heavy atom. The molecule has 1 saturated carbocycles. The normalized spacial score (nSPS) is 25.9. The molecule has 0 atom stereocenters. The Bertz CT molecular complexity index is 797. The van der Waals surface area contributed by atoms with E-state index in [1.807, 2.05) is 0 Å². The molecule has 0 aromatic carbocycles. The zero-order valence-corrected chi connectivity index (χ0v) is 15.7. The minimum atomic E-state index is -2.87. The lowest BCUT2D eigenvalue weighted by atomic mass is 9.90. The third kappa shape index (κ3) is 5.13. The lowest BCUT2D eigenvalue weighted by Gasteiger charge is -2.34. The number of nitrogens with one attached hydrogen (secondary N) is 2. The highest BCUT2D eigenvalue weighted by atomic mass is 32.2. The highest BCUT2D eigenvalue weighted by Crippen LogP contribution is 2.25. The molecular formula is C17H24F2N4O3S. The van der Waals surface area contributed by atoms with Gasteiger partial charge in [-0.1, -0.05) is 0 Å². The zero-order chi connectivity index (χ0) is 19.6. The first-order valence-corrected chi connectivity index (χ1v) is 10.9. The summed E-state index contributed by atoms with van der Waals surface area (Å²) >= 11 is 0. The Hall–Kier alpha value is -1.81. The van der Waals surface area contributed by atoms with Crippen LogP contribution in [-0.2, 0) is 9.84 Å². The Kier molecular flexibility index (Phi) is 5.95. The van der Waals surface area contributed by atoms with Gasteiger partial charge in [0.05, 0.1) is 17.1 Å². The fourth-order valence-electron chi connectivity index (χ4n) is 3.73. The third-order valence-electron chi connectivity index (χ3n) is 5.29. The van der Waals surface area contributed by atoms with Crippen molar-refractivity contribution in [1.29, 1.82) is 0 Å². The van der Waals surface area contributed by atoms with Crippen LogP contribution in [0.2, 0.25) is 0 Å². The van der Waals surface area contributed by atoms with E-state index in [4.69, 9.17) is 5.73 Å². The largest absolute Gasteiger partial charge is 0.365 e. The summed E-state index contributed by atoms with van der Waals surface area (Å²) in [4.78, 5) is 14.5. The van der Waals surface area contributed by atoms with Gasteiger partial charge in [0.2, 0.25) is 5.95 Å². The molecule has 4 N–H and O–H groups in total. The molecule has 2 heterocycles. The molecule has 1 aromatic rings. The van der Waals surface area contributed by atoms with Crippen molar-refractivity contribution in [2.45, 2.75) is 56.7 Å². The number of amides is 1. The van der Waals surface area contributed by atoms with Gasteiger partial charge in [-0.05, 0) is 44.6 Å². The average molecular weight is 402 g/mol. The maximum absolute atomic E-state index is 14.0. The maximum Gasteiger partial charge on any atom is 0.253 e. The van der Waals surface area contributed by atoms with Crippen molar-refractivity contribution in [3.63, 3.8) is 0 Å². The zero-order valence-electron chi connectivity index (χ0n) is 14.9. The number of halogens is 2. The first-order chi connectivity index (χ1) is 12.7. The van der Waals surface area contributed by atoms with Crippen molar-refractivity contribution >= 4 is 21.6 Å². The van der Waals surface area contributed by atoms with Gasteiger partial charge >= 0.3 is 0 Å². The van der Waals surface area contributed by atoms with E-state index >= 15 is 0 Å². The number of rotatable bonds is 5. The first kappa shape index (κ1) is 19.9. The summed E-state index contributed by atoms with van der Waals surface area (Å²) in [6.45, 7) is 0. The van der Waals surface area contributed by atoms with Gasteiger partial charge in [-0.15, -0.1) is 0 Å². The Morgan fingerprint density at radius 3 is 2.19 bits per heavy atom. The number of hydrogen-bond donors (Lipinski definition) is 3. The molecule has 1 amide bonds. The molecule has 3 rings (SSSR count). The van der Waals surface area contributed by atoms with Gasteiger partial charge in [0, 0.05) is 18.1 Å². The van der Waals surface area contributed by atoms with Gasteiger partial charge in [0.25, 0.3) is 5.91 Å². The predicted molar refractivity (Wildman–Crippen MR) is 97.1 cm³/mol. The van der Waals surface area contributed by atoms with Crippen molar-refractivity contribution in [3.05, 3.63) is 23.4 Å². The number of hydrogen-bond acceptors (Lipinski definition) is 6. The summed E-state index contributed by atoms with van der Waals surface area (Å²) < 4.78 is 50.8. The summed E-state index contributed by atoms with van der Waals surface area (Å²) in [6, 6.07) is 1.23. The summed E-state index contributed by atoms with van der Waals surface area (Å²) in [6.07, 6.45) is 4.49. The van der Waals surface area contributed by atoms with Crippen LogP contribution in [0.1, 0.15) is 48.9 Å². The summed E-state index contributed by atoms with van der Waals surface area (Å²) in [5.41, 5.74) is 4.41. The molecule has 10 heteroatoms. The number of anilines is 1. The molecule has 2 aliphatic rings. The van der Waals surface area contributed by atoms with Crippen molar-refractivity contribution in [3.8, 4) is 0 Å². The fraction of sp³-hybridized carbons (Fsp3) is 0.647. The van der Waals surface area contributed by atoms with E-state index in [2.05, 4.69) is 15.6 Å². The van der Waals surface area contributed by atoms with Crippen molar-refractivity contribution in [1.82, 2.24) is 10.3 Å². The second-order valence-corrected chi connectivity index (χ2v) is 9.61. The second-order valence-electron chi connectivity index (χ2n) is 7.31. The molecule has 2 fully saturated rings. The van der Waals surface area contributed by atoms with Gasteiger partial charge in [-0.2, -0.15) is 9.37 Å². The minimum absolute atomic E-state index is 0.0457. The molecule has 0 radical (unpaired) electrons. The number of pyridine rings is 1. The molecule has 0 bridgehead atoms. The van der Waals surface area contributed by atoms with Crippen molar-refractivity contribution in [2.24, 2.45) is 5.73 Å². The summed E-state index contributed by atoms with van der Waals surface area (Å²) in [5, 5.41) is 6.43. The van der Waals surface area contributed by atoms with E-state index in [0.29, 0.717) is 18.9 Å². The van der Waals surface area contributed by atoms with Crippen LogP contribution in [0.4, 0.5) is 14.6 Å². The van der Waals surface area contributed by atoms with Crippen LogP contribution in [0, 0.1) is 11.8 Å². The molecule has 150 valence electrons. The van der Waals surface area contributed by atoms with Crippen LogP contribution in [-0.4, -0.2) is 48.9 Å². The van der Waals surface area contributed by atoms with Gasteiger partial charge in [0.1, 0.15) is 9.84 Å². The molecule has 1 saturated heterocycles. The number of primary amides is 1. The predicted octanol–water partition coefficient (Wildman–Crippen LogP) is 1.35. The van der Waals surface area contributed by atoms with Gasteiger partial charge in [0.15, 0.2) is 11.6 Å². The van der Waals surface area contributed by atoms with E-state index in [1.54, 1.807) is 0 Å². The number of aromatic nitrogens is 1. The number of sulfone groups is 1. The number of carbonyl (C=O) groups excluding carboxylic acids is 1. The molecule has 1 aromatic heterocycles. The number of nitrogens with two attached hydrogens (primary N) is 1. The lowest BCUT2D eigenvalue weighted by molar-refractivity contribution is 0.0995. The van der Waals surface area contributed by atoms with E-state index in [1.165, 1.54) is 0 Å². The quantitative estimate of drug-likeness (QED) is 0.641. The van der Waals surface area contributed by atoms with Crippen LogP contribution in [0.5, 0.6) is 0 Å². The van der Waals surface area contributed by atoms with Gasteiger partial charge in [-0.25, -0.2) is 12.8 Å². The van der Waals surface area contributed by atoms with Crippen molar-refractivity contribution in [2.75, 3.05) is 16.8 Å². The summed E-state index contributed by atoms with van der Waals surface area (Å²) in [5.74, 6) is -2.71. The molecule has 0 spiro atoms. The lowest BCUT2D eigenvalue weighted by Crippen LogP contribution is -2.45. The highest BCUT2D eigenvalue weighted by Gasteiger charge is 2.28. The van der Waals surface area contributed by atoms with Crippen LogP contribution < -0.4 is 16.4 Å². The first-order valence-electron chi connectivity index (χ1n) is 9.12. The van der Waals surface area contributed by atoms with Crippen LogP contribution in [0.3, 0.4) is 0 Å². The average Bonchev–Trinajstić information content (AvgIpc) is 2.61. The monoisotopic (exact) mass is 402 g/mol. The second kappa shape index (κ2) is 8.05. The fourth-order valence-corrected chi connectivity index (χ4v) is 5.22. The van der Waals surface area contributed by atoms with Crippen LogP contribution >= 0.6 is 0 Å². The van der Waals surface area contributed by atoms with E-state index < -0.39 is 33.1 Å². The van der Waals surface area contributed by atoms with Gasteiger partial charge < -0.3 is 16.4 Å². The Morgan fingerprint density at radius 2 is 1.59 bits per heavy atom. The highest BCUT2D eigenvalue weighted by molar-refractivity contribution is 7.91. The van der Waals surface area contributed by atoms with E-state index in [0.717, 1.165) is 31.7 Å². The molecule has 1 aliphatic carbocycles. The standard InChI is InChI=1S/C17H24F2N4O3S/c18-14-9-13(16(20)24)15(19)23-17(14)22-11-3-1-10(2-4-11)21-12-5-7-27(25,26)8-6-12/h9-12,21H,1-8H2,(H2,20,24)(H,22,23). The molecule has 7 nitrogen and oxygen atoms in total. The number of nitrogens with zero attached hydrogens (tertiary/aromatic N) is 1. The molecular weight excluding hydrogens is 378 g/mol. The SMILES string of the molecule is NC(=O)c1cc(F)c(NC2CCC(NC3CCS(=O)(=O)CC3)CC2)nc1F. The number of carbonyl (C=O) groups is 1. The Labute approximate surface area is 157 Å². The smallest absolute Gasteiger partial charge is 0.253 e. The van der Waals surface area contributed by atoms with Gasteiger partial charge in [-0.3, -0.25) is 4.79 Å². The minimum Gasteiger partial charge on any atom is -0.365 e. The maximum atomic E-state index is 14.0. The summed E-state index contributed by atoms with van der Waals surface area (Å²) in [7, 11) is -2.87.